The summed E-state index contributed by atoms with van der Waals surface area (Å²) in [6.45, 7) is 4.84. The Labute approximate surface area is 122 Å². The molecular formula is C15H19N3O3. The van der Waals surface area contributed by atoms with Gasteiger partial charge >= 0.3 is 0 Å². The molecule has 0 aliphatic heterocycles. The summed E-state index contributed by atoms with van der Waals surface area (Å²) >= 11 is 0. The molecule has 2 N–H and O–H groups in total. The van der Waals surface area contributed by atoms with Gasteiger partial charge in [-0.2, -0.15) is 0 Å². The quantitative estimate of drug-likeness (QED) is 0.869. The Morgan fingerprint density at radius 2 is 2.10 bits per heavy atom. The Balaban J connectivity index is 2.20. The summed E-state index contributed by atoms with van der Waals surface area (Å²) in [5.74, 6) is -0.480. The zero-order valence-electron chi connectivity index (χ0n) is 12.4. The van der Waals surface area contributed by atoms with Crippen LogP contribution in [0.2, 0.25) is 0 Å². The number of H-pyrrole nitrogens is 1. The lowest BCUT2D eigenvalue weighted by atomic mass is 9.95. The topological polar surface area (TPSA) is 84.1 Å². The molecule has 0 bridgehead atoms. The third-order valence-corrected chi connectivity index (χ3v) is 3.08. The van der Waals surface area contributed by atoms with Gasteiger partial charge in [0.25, 0.3) is 11.5 Å². The lowest BCUT2D eigenvalue weighted by Gasteiger charge is -2.23. The van der Waals surface area contributed by atoms with E-state index in [9.17, 15) is 9.59 Å². The molecule has 0 saturated carbocycles. The Bertz CT molecular complexity index is 707. The molecule has 21 heavy (non-hydrogen) atoms. The summed E-state index contributed by atoms with van der Waals surface area (Å²) in [6.07, 6.45) is 0. The minimum absolute atomic E-state index is 0.123. The number of carbonyl (C=O) groups is 1. The normalized spacial score (nSPS) is 11.6. The van der Waals surface area contributed by atoms with Gasteiger partial charge in [-0.15, -0.1) is 0 Å². The number of para-hydroxylation sites is 2. The first-order chi connectivity index (χ1) is 9.93. The van der Waals surface area contributed by atoms with Crippen molar-refractivity contribution >= 4 is 16.9 Å². The maximum Gasteiger partial charge on any atom is 0.280 e. The molecule has 0 aliphatic rings. The Hall–Kier alpha value is -2.21. The molecule has 0 radical (unpaired) electrons. The first-order valence-electron chi connectivity index (χ1n) is 6.69. The number of fused-ring (bicyclic) bond motifs is 1. The number of hydrogen-bond acceptors (Lipinski definition) is 4. The Morgan fingerprint density at radius 3 is 2.81 bits per heavy atom. The highest BCUT2D eigenvalue weighted by molar-refractivity contribution is 5.93. The molecule has 112 valence electrons. The van der Waals surface area contributed by atoms with Crippen LogP contribution in [0.1, 0.15) is 24.3 Å². The smallest absolute Gasteiger partial charge is 0.280 e. The first kappa shape index (κ1) is 15.2. The number of amides is 1. The molecule has 6 heteroatoms. The van der Waals surface area contributed by atoms with Gasteiger partial charge in [-0.05, 0) is 12.1 Å². The maximum atomic E-state index is 12.1. The number of nitrogens with zero attached hydrogens (tertiary/aromatic N) is 1. The van der Waals surface area contributed by atoms with Crippen molar-refractivity contribution < 1.29 is 9.53 Å². The summed E-state index contributed by atoms with van der Waals surface area (Å²) in [5.41, 5.74) is 0.364. The molecule has 0 unspecified atom stereocenters. The molecule has 2 rings (SSSR count). The molecule has 0 aliphatic carbocycles. The number of benzene rings is 1. The average molecular weight is 289 g/mol. The molecule has 0 saturated heterocycles. The highest BCUT2D eigenvalue weighted by atomic mass is 16.5. The number of carbonyl (C=O) groups excluding carboxylic acids is 1. The second-order valence-corrected chi connectivity index (χ2v) is 5.71. The minimum atomic E-state index is -0.490. The van der Waals surface area contributed by atoms with E-state index in [-0.39, 0.29) is 11.1 Å². The van der Waals surface area contributed by atoms with Crippen molar-refractivity contribution in [3.8, 4) is 0 Å². The molecule has 1 heterocycles. The molecule has 0 atom stereocenters. The van der Waals surface area contributed by atoms with Crippen molar-refractivity contribution in [2.45, 2.75) is 13.8 Å². The fourth-order valence-corrected chi connectivity index (χ4v) is 2.03. The van der Waals surface area contributed by atoms with Gasteiger partial charge in [0.2, 0.25) is 0 Å². The van der Waals surface area contributed by atoms with Gasteiger partial charge < -0.3 is 15.0 Å². The van der Waals surface area contributed by atoms with E-state index < -0.39 is 11.5 Å². The third kappa shape index (κ3) is 3.66. The standard InChI is InChI=1S/C15H19N3O3/c1-15(2,9-21-3)8-16-13(19)12-14(20)18-11-7-5-4-6-10(11)17-12/h4-7H,8-9H2,1-3H3,(H,16,19)(H,18,20). The molecular weight excluding hydrogens is 270 g/mol. The lowest BCUT2D eigenvalue weighted by Crippen LogP contribution is -2.39. The van der Waals surface area contributed by atoms with E-state index in [2.05, 4.69) is 15.3 Å². The van der Waals surface area contributed by atoms with Gasteiger partial charge in [0.1, 0.15) is 0 Å². The van der Waals surface area contributed by atoms with Gasteiger partial charge in [-0.3, -0.25) is 9.59 Å². The second kappa shape index (κ2) is 6.05. The lowest BCUT2D eigenvalue weighted by molar-refractivity contribution is 0.0842. The van der Waals surface area contributed by atoms with Crippen LogP contribution in [0.3, 0.4) is 0 Å². The zero-order chi connectivity index (χ0) is 15.5. The van der Waals surface area contributed by atoms with Gasteiger partial charge in [-0.25, -0.2) is 4.98 Å². The van der Waals surface area contributed by atoms with Crippen molar-refractivity contribution in [3.05, 3.63) is 40.3 Å². The molecule has 1 aromatic heterocycles. The van der Waals surface area contributed by atoms with Crippen LogP contribution in [0.25, 0.3) is 11.0 Å². The number of aromatic nitrogens is 2. The Morgan fingerprint density at radius 1 is 1.38 bits per heavy atom. The SMILES string of the molecule is COCC(C)(C)CNC(=O)c1nc2ccccc2[nH]c1=O. The van der Waals surface area contributed by atoms with Crippen LogP contribution in [0.5, 0.6) is 0 Å². The van der Waals surface area contributed by atoms with E-state index in [0.717, 1.165) is 0 Å². The van der Waals surface area contributed by atoms with Crippen molar-refractivity contribution in [3.63, 3.8) is 0 Å². The van der Waals surface area contributed by atoms with Gasteiger partial charge in [0.15, 0.2) is 5.69 Å². The number of ether oxygens (including phenoxy) is 1. The van der Waals surface area contributed by atoms with Gasteiger partial charge in [-0.1, -0.05) is 26.0 Å². The summed E-state index contributed by atoms with van der Waals surface area (Å²) in [4.78, 5) is 30.8. The molecule has 2 aromatic rings. The third-order valence-electron chi connectivity index (χ3n) is 3.08. The predicted molar refractivity (Wildman–Crippen MR) is 80.4 cm³/mol. The van der Waals surface area contributed by atoms with E-state index >= 15 is 0 Å². The van der Waals surface area contributed by atoms with Gasteiger partial charge in [0, 0.05) is 19.1 Å². The molecule has 1 aromatic carbocycles. The second-order valence-electron chi connectivity index (χ2n) is 5.71. The highest BCUT2D eigenvalue weighted by Crippen LogP contribution is 2.13. The van der Waals surface area contributed by atoms with Crippen LogP contribution in [0.4, 0.5) is 0 Å². The summed E-state index contributed by atoms with van der Waals surface area (Å²) < 4.78 is 5.09. The summed E-state index contributed by atoms with van der Waals surface area (Å²) in [6, 6.07) is 7.09. The fourth-order valence-electron chi connectivity index (χ4n) is 2.03. The summed E-state index contributed by atoms with van der Waals surface area (Å²) in [5, 5.41) is 2.73. The number of nitrogens with one attached hydrogen (secondary N) is 2. The highest BCUT2D eigenvalue weighted by Gasteiger charge is 2.21. The van der Waals surface area contributed by atoms with E-state index in [1.165, 1.54) is 0 Å². The van der Waals surface area contributed by atoms with Crippen LogP contribution in [0, 0.1) is 5.41 Å². The van der Waals surface area contributed by atoms with Crippen molar-refractivity contribution in [2.24, 2.45) is 5.41 Å². The van der Waals surface area contributed by atoms with Crippen LogP contribution < -0.4 is 10.9 Å². The first-order valence-corrected chi connectivity index (χ1v) is 6.69. The zero-order valence-corrected chi connectivity index (χ0v) is 12.4. The number of methoxy groups -OCH3 is 1. The summed E-state index contributed by atoms with van der Waals surface area (Å²) in [7, 11) is 1.61. The van der Waals surface area contributed by atoms with E-state index in [1.54, 1.807) is 31.4 Å². The molecule has 6 nitrogen and oxygen atoms in total. The Kier molecular flexibility index (Phi) is 4.37. The van der Waals surface area contributed by atoms with Crippen LogP contribution >= 0.6 is 0 Å². The predicted octanol–water partition coefficient (Wildman–Crippen LogP) is 1.33. The number of hydrogen-bond donors (Lipinski definition) is 2. The van der Waals surface area contributed by atoms with Crippen LogP contribution in [-0.2, 0) is 4.74 Å². The van der Waals surface area contributed by atoms with Crippen molar-refractivity contribution in [2.75, 3.05) is 20.3 Å². The number of aromatic amines is 1. The van der Waals surface area contributed by atoms with Gasteiger partial charge in [0.05, 0.1) is 17.6 Å². The van der Waals surface area contributed by atoms with Crippen LogP contribution in [0.15, 0.2) is 29.1 Å². The maximum absolute atomic E-state index is 12.1. The van der Waals surface area contributed by atoms with E-state index in [1.807, 2.05) is 13.8 Å². The average Bonchev–Trinajstić information content (AvgIpc) is 2.44. The number of rotatable bonds is 5. The molecule has 1 amide bonds. The van der Waals surface area contributed by atoms with Crippen LogP contribution in [-0.4, -0.2) is 36.1 Å². The fraction of sp³-hybridized carbons (Fsp3) is 0.400. The largest absolute Gasteiger partial charge is 0.384 e. The molecule has 0 fully saturated rings. The monoisotopic (exact) mass is 289 g/mol. The van der Waals surface area contributed by atoms with Crippen molar-refractivity contribution in [1.29, 1.82) is 0 Å². The minimum Gasteiger partial charge on any atom is -0.384 e. The van der Waals surface area contributed by atoms with E-state index in [0.29, 0.717) is 24.2 Å². The molecule has 0 spiro atoms. The van der Waals surface area contributed by atoms with Crippen molar-refractivity contribution in [1.82, 2.24) is 15.3 Å². The van der Waals surface area contributed by atoms with E-state index in [4.69, 9.17) is 4.74 Å².